The first-order chi connectivity index (χ1) is 16.5. The number of morpholine rings is 1. The van der Waals surface area contributed by atoms with Gasteiger partial charge in [0.05, 0.1) is 27.1 Å². The van der Waals surface area contributed by atoms with Crippen molar-refractivity contribution in [2.75, 3.05) is 36.5 Å². The van der Waals surface area contributed by atoms with Crippen molar-refractivity contribution in [3.05, 3.63) is 45.1 Å². The number of hydrogen-bond acceptors (Lipinski definition) is 6. The summed E-state index contributed by atoms with van der Waals surface area (Å²) in [6.45, 7) is -0.860. The second-order valence-electron chi connectivity index (χ2n) is 7.13. The van der Waals surface area contributed by atoms with E-state index in [1.165, 1.54) is 12.1 Å². The van der Waals surface area contributed by atoms with E-state index in [0.717, 1.165) is 28.4 Å². The Hall–Kier alpha value is -3.36. The summed E-state index contributed by atoms with van der Waals surface area (Å²) in [5.74, 6) is -2.28. The molecule has 0 radical (unpaired) electrons. The van der Waals surface area contributed by atoms with Crippen LogP contribution in [-0.4, -0.2) is 61.3 Å². The molecule has 0 saturated carbocycles. The maximum atomic E-state index is 13.7. The van der Waals surface area contributed by atoms with Gasteiger partial charge in [-0.1, -0.05) is 11.6 Å². The fourth-order valence-corrected chi connectivity index (χ4v) is 4.11. The minimum absolute atomic E-state index is 0.0630. The number of alkyl halides is 3. The van der Waals surface area contributed by atoms with Gasteiger partial charge in [-0.15, -0.1) is 11.3 Å². The summed E-state index contributed by atoms with van der Waals surface area (Å²) in [5.41, 5.74) is -1.86. The van der Waals surface area contributed by atoms with Crippen molar-refractivity contribution in [1.82, 2.24) is 10.6 Å². The minimum atomic E-state index is -4.86. The zero-order chi connectivity index (χ0) is 25.8. The molecular weight excluding hydrogens is 517 g/mol. The lowest BCUT2D eigenvalue weighted by atomic mass is 10.1. The molecule has 1 fully saturated rings. The number of hydrogen-bond donors (Lipinski definition) is 4. The maximum Gasteiger partial charge on any atom is 0.418 e. The summed E-state index contributed by atoms with van der Waals surface area (Å²) in [6.07, 6.45) is -6.45. The van der Waals surface area contributed by atoms with Crippen molar-refractivity contribution in [3.8, 4) is 0 Å². The number of anilines is 2. The van der Waals surface area contributed by atoms with E-state index in [2.05, 4.69) is 10.6 Å². The van der Waals surface area contributed by atoms with Gasteiger partial charge in [-0.2, -0.15) is 13.2 Å². The topological polar surface area (TPSA) is 137 Å². The molecule has 2 heterocycles. The lowest BCUT2D eigenvalue weighted by molar-refractivity contribution is -0.137. The molecule has 0 unspecified atom stereocenters. The van der Waals surface area contributed by atoms with Crippen molar-refractivity contribution in [1.29, 1.82) is 0 Å². The number of thiophene rings is 1. The number of carboxylic acid groups (broad SMARTS) is 1. The van der Waals surface area contributed by atoms with Gasteiger partial charge in [0.15, 0.2) is 0 Å². The van der Waals surface area contributed by atoms with E-state index in [0.29, 0.717) is 10.4 Å². The van der Waals surface area contributed by atoms with Crippen LogP contribution in [0.15, 0.2) is 30.3 Å². The molecule has 0 spiro atoms. The first-order valence-electron chi connectivity index (χ1n) is 9.89. The normalized spacial score (nSPS) is 14.9. The van der Waals surface area contributed by atoms with Crippen molar-refractivity contribution < 1.29 is 42.2 Å². The summed E-state index contributed by atoms with van der Waals surface area (Å²) < 4.78 is 46.5. The molecule has 15 heteroatoms. The van der Waals surface area contributed by atoms with Gasteiger partial charge in [0.25, 0.3) is 11.8 Å². The quantitative estimate of drug-likeness (QED) is 0.431. The fraction of sp³-hybridized carbons (Fsp3) is 0.300. The average Bonchev–Trinajstić information content (AvgIpc) is 3.22. The molecule has 4 N–H and O–H groups in total. The molecule has 1 atom stereocenters. The molecular formula is C20H18ClF3N4O6S. The molecule has 4 amide bonds. The molecule has 0 aliphatic carbocycles. The van der Waals surface area contributed by atoms with Crippen LogP contribution in [0.3, 0.4) is 0 Å². The number of carbonyl (C=O) groups excluding carboxylic acids is 3. The van der Waals surface area contributed by atoms with Gasteiger partial charge in [-0.05, 0) is 30.3 Å². The molecule has 1 aliphatic rings. The molecule has 188 valence electrons. The van der Waals surface area contributed by atoms with Crippen LogP contribution in [0.5, 0.6) is 0 Å². The van der Waals surface area contributed by atoms with Gasteiger partial charge < -0.3 is 30.7 Å². The van der Waals surface area contributed by atoms with Crippen LogP contribution in [0.1, 0.15) is 15.2 Å². The Balaban J connectivity index is 1.77. The van der Waals surface area contributed by atoms with Crippen molar-refractivity contribution in [2.24, 2.45) is 0 Å². The molecule has 1 aromatic carbocycles. The highest BCUT2D eigenvalue weighted by atomic mass is 35.5. The monoisotopic (exact) mass is 534 g/mol. The minimum Gasteiger partial charge on any atom is -0.465 e. The first-order valence-corrected chi connectivity index (χ1v) is 11.1. The Labute approximate surface area is 205 Å². The predicted molar refractivity (Wildman–Crippen MR) is 120 cm³/mol. The van der Waals surface area contributed by atoms with E-state index in [-0.39, 0.29) is 30.3 Å². The largest absolute Gasteiger partial charge is 0.465 e. The van der Waals surface area contributed by atoms with Crippen LogP contribution in [0.25, 0.3) is 0 Å². The van der Waals surface area contributed by atoms with E-state index in [1.807, 2.05) is 5.32 Å². The third-order valence-electron chi connectivity index (χ3n) is 4.72. The first kappa shape index (κ1) is 26.2. The molecule has 35 heavy (non-hydrogen) atoms. The van der Waals surface area contributed by atoms with Crippen LogP contribution >= 0.6 is 22.9 Å². The van der Waals surface area contributed by atoms with Gasteiger partial charge >= 0.3 is 12.3 Å². The number of amides is 4. The van der Waals surface area contributed by atoms with Crippen LogP contribution in [-0.2, 0) is 20.5 Å². The van der Waals surface area contributed by atoms with Crippen molar-refractivity contribution >= 4 is 58.1 Å². The number of benzene rings is 1. The Morgan fingerprint density at radius 3 is 2.57 bits per heavy atom. The van der Waals surface area contributed by atoms with Crippen molar-refractivity contribution in [3.63, 3.8) is 0 Å². The SMILES string of the molecule is O=C(O)N[C@@H](CNC(=O)c1ccc(Cl)s1)C(=O)Nc1ccc(N2CCOCC2=O)c(C(F)(F)F)c1. The van der Waals surface area contributed by atoms with Gasteiger partial charge in [-0.3, -0.25) is 14.4 Å². The van der Waals surface area contributed by atoms with Crippen LogP contribution in [0.4, 0.5) is 29.3 Å². The standard InChI is InChI=1S/C20H18ClF3N4O6S/c21-15-4-3-14(35-15)18(31)25-8-12(27-19(32)33)17(30)26-10-1-2-13(11(7-10)20(22,23)24)28-5-6-34-9-16(28)29/h1-4,7,12,27H,5-6,8-9H2,(H,25,31)(H,26,30)(H,32,33)/t12-/m0/s1. The highest BCUT2D eigenvalue weighted by molar-refractivity contribution is 7.18. The lowest BCUT2D eigenvalue weighted by Gasteiger charge is -2.29. The third-order valence-corrected chi connectivity index (χ3v) is 5.95. The third kappa shape index (κ3) is 6.83. The van der Waals surface area contributed by atoms with E-state index in [9.17, 15) is 32.3 Å². The second-order valence-corrected chi connectivity index (χ2v) is 8.85. The summed E-state index contributed by atoms with van der Waals surface area (Å²) in [6, 6.07) is 4.20. The Morgan fingerprint density at radius 1 is 1.23 bits per heavy atom. The van der Waals surface area contributed by atoms with Crippen molar-refractivity contribution in [2.45, 2.75) is 12.2 Å². The number of nitrogens with zero attached hydrogens (tertiary/aromatic N) is 1. The molecule has 1 aliphatic heterocycles. The summed E-state index contributed by atoms with van der Waals surface area (Å²) >= 11 is 6.73. The number of ether oxygens (including phenoxy) is 1. The zero-order valence-corrected chi connectivity index (χ0v) is 19.2. The molecule has 3 rings (SSSR count). The van der Waals surface area contributed by atoms with Gasteiger partial charge in [0.2, 0.25) is 5.91 Å². The molecule has 10 nitrogen and oxygen atoms in total. The van der Waals surface area contributed by atoms with Gasteiger partial charge in [0.1, 0.15) is 12.6 Å². The highest BCUT2D eigenvalue weighted by Crippen LogP contribution is 2.38. The smallest absolute Gasteiger partial charge is 0.418 e. The highest BCUT2D eigenvalue weighted by Gasteiger charge is 2.37. The summed E-state index contributed by atoms with van der Waals surface area (Å²) in [4.78, 5) is 49.1. The number of halogens is 4. The average molecular weight is 535 g/mol. The van der Waals surface area contributed by atoms with E-state index in [4.69, 9.17) is 21.4 Å². The number of carbonyl (C=O) groups is 4. The van der Waals surface area contributed by atoms with Crippen LogP contribution in [0.2, 0.25) is 4.34 Å². The van der Waals surface area contributed by atoms with E-state index in [1.54, 1.807) is 0 Å². The Morgan fingerprint density at radius 2 is 1.97 bits per heavy atom. The number of nitrogens with one attached hydrogen (secondary N) is 3. The van der Waals surface area contributed by atoms with Gasteiger partial charge in [-0.25, -0.2) is 4.79 Å². The number of rotatable bonds is 7. The summed E-state index contributed by atoms with van der Waals surface area (Å²) in [5, 5.41) is 15.5. The second kappa shape index (κ2) is 10.9. The summed E-state index contributed by atoms with van der Waals surface area (Å²) in [7, 11) is 0. The van der Waals surface area contributed by atoms with E-state index >= 15 is 0 Å². The zero-order valence-electron chi connectivity index (χ0n) is 17.6. The van der Waals surface area contributed by atoms with Crippen LogP contribution in [0, 0.1) is 0 Å². The Bertz CT molecular complexity index is 1140. The van der Waals surface area contributed by atoms with Gasteiger partial charge in [0, 0.05) is 18.8 Å². The molecule has 2 aromatic rings. The molecule has 1 aromatic heterocycles. The Kier molecular flexibility index (Phi) is 8.19. The fourth-order valence-electron chi connectivity index (χ4n) is 3.15. The van der Waals surface area contributed by atoms with E-state index < -0.39 is 53.8 Å². The lowest BCUT2D eigenvalue weighted by Crippen LogP contribution is -2.50. The predicted octanol–water partition coefficient (Wildman–Crippen LogP) is 2.79. The van der Waals surface area contributed by atoms with Crippen LogP contribution < -0.4 is 20.9 Å². The molecule has 0 bridgehead atoms. The maximum absolute atomic E-state index is 13.7. The molecule has 1 saturated heterocycles.